The van der Waals surface area contributed by atoms with Crippen molar-refractivity contribution in [3.05, 3.63) is 59.1 Å². The Morgan fingerprint density at radius 1 is 1.33 bits per heavy atom. The third-order valence-electron chi connectivity index (χ3n) is 3.42. The lowest BCUT2D eigenvalue weighted by Crippen LogP contribution is -2.01. The van der Waals surface area contributed by atoms with Gasteiger partial charge in [0.25, 0.3) is 0 Å². The molecule has 0 amide bonds. The molecule has 3 rings (SSSR count). The molecule has 2 aromatic rings. The van der Waals surface area contributed by atoms with Crippen LogP contribution in [-0.4, -0.2) is 9.85 Å². The second-order valence-electron chi connectivity index (χ2n) is 4.81. The lowest BCUT2D eigenvalue weighted by molar-refractivity contribution is 1.14. The zero-order chi connectivity index (χ0) is 14.7. The number of hydrogen-bond acceptors (Lipinski definition) is 4. The number of allylic oxidation sites excluding steroid dienone is 4. The fourth-order valence-corrected chi connectivity index (χ4v) is 3.28. The predicted octanol–water partition coefficient (Wildman–Crippen LogP) is 5.16. The molecule has 1 aliphatic rings. The maximum atomic E-state index is 5.41. The van der Waals surface area contributed by atoms with Gasteiger partial charge in [-0.1, -0.05) is 55.6 Å². The number of nitrogens with one attached hydrogen (secondary N) is 1. The van der Waals surface area contributed by atoms with E-state index >= 15 is 0 Å². The van der Waals surface area contributed by atoms with Crippen LogP contribution in [0.25, 0.3) is 5.57 Å². The van der Waals surface area contributed by atoms with Gasteiger partial charge in [-0.15, -0.1) is 11.3 Å². The van der Waals surface area contributed by atoms with Gasteiger partial charge in [-0.3, -0.25) is 0 Å². The van der Waals surface area contributed by atoms with E-state index in [4.69, 9.17) is 12.2 Å². The average Bonchev–Trinajstić information content (AvgIpc) is 2.96. The molecule has 1 aliphatic carbocycles. The van der Waals surface area contributed by atoms with Crippen LogP contribution in [0.2, 0.25) is 0 Å². The van der Waals surface area contributed by atoms with E-state index in [2.05, 4.69) is 46.9 Å². The molecular formula is C17H16N2S2. The first kappa shape index (κ1) is 14.2. The summed E-state index contributed by atoms with van der Waals surface area (Å²) in [5.41, 5.74) is 4.46. The molecule has 0 unspecified atom stereocenters. The van der Waals surface area contributed by atoms with E-state index in [1.165, 1.54) is 5.56 Å². The number of hydrogen-bond donors (Lipinski definition) is 1. The summed E-state index contributed by atoms with van der Waals surface area (Å²) < 4.78 is 0. The van der Waals surface area contributed by atoms with Crippen molar-refractivity contribution in [3.8, 4) is 0 Å². The van der Waals surface area contributed by atoms with E-state index in [0.717, 1.165) is 39.8 Å². The number of thiocarbonyl (C=S) groups is 1. The van der Waals surface area contributed by atoms with Crippen LogP contribution in [-0.2, 0) is 6.42 Å². The van der Waals surface area contributed by atoms with Gasteiger partial charge in [-0.2, -0.15) is 0 Å². The molecule has 0 fully saturated rings. The van der Waals surface area contributed by atoms with Gasteiger partial charge in [0.05, 0.1) is 5.69 Å². The Balaban J connectivity index is 1.84. The lowest BCUT2D eigenvalue weighted by atomic mass is 10.0. The molecule has 1 aromatic heterocycles. The molecule has 106 valence electrons. The summed E-state index contributed by atoms with van der Waals surface area (Å²) in [6, 6.07) is 8.34. The molecule has 0 radical (unpaired) electrons. The molecule has 1 aromatic carbocycles. The topological polar surface area (TPSA) is 24.9 Å². The normalized spacial score (nSPS) is 14.1. The van der Waals surface area contributed by atoms with Gasteiger partial charge in [0.1, 0.15) is 0 Å². The van der Waals surface area contributed by atoms with Crippen molar-refractivity contribution in [1.82, 2.24) is 4.98 Å². The van der Waals surface area contributed by atoms with Gasteiger partial charge in [0, 0.05) is 27.9 Å². The van der Waals surface area contributed by atoms with Crippen LogP contribution in [0.4, 0.5) is 10.8 Å². The summed E-state index contributed by atoms with van der Waals surface area (Å²) in [7, 11) is 0. The Morgan fingerprint density at radius 3 is 3.00 bits per heavy atom. The minimum Gasteiger partial charge on any atom is -0.331 e. The zero-order valence-electron chi connectivity index (χ0n) is 11.8. The number of aryl methyl sites for hydroxylation is 1. The van der Waals surface area contributed by atoms with E-state index in [9.17, 15) is 0 Å². The predicted molar refractivity (Wildman–Crippen MR) is 95.5 cm³/mol. The second kappa shape index (κ2) is 6.33. The highest BCUT2D eigenvalue weighted by molar-refractivity contribution is 7.81. The number of aromatic nitrogens is 1. The van der Waals surface area contributed by atoms with Gasteiger partial charge in [-0.25, -0.2) is 4.98 Å². The van der Waals surface area contributed by atoms with Crippen molar-refractivity contribution in [2.24, 2.45) is 0 Å². The van der Waals surface area contributed by atoms with Crippen molar-refractivity contribution in [1.29, 1.82) is 0 Å². The number of para-hydroxylation sites is 1. The van der Waals surface area contributed by atoms with Crippen LogP contribution in [0.5, 0.6) is 0 Å². The first-order valence-corrected chi connectivity index (χ1v) is 8.27. The third-order valence-corrected chi connectivity index (χ3v) is 4.57. The van der Waals surface area contributed by atoms with Crippen LogP contribution < -0.4 is 5.32 Å². The maximum absolute atomic E-state index is 5.41. The van der Waals surface area contributed by atoms with E-state index in [-0.39, 0.29) is 0 Å². The molecule has 0 spiro atoms. The third kappa shape index (κ3) is 3.12. The van der Waals surface area contributed by atoms with Gasteiger partial charge < -0.3 is 5.32 Å². The van der Waals surface area contributed by atoms with Crippen molar-refractivity contribution in [3.63, 3.8) is 0 Å². The van der Waals surface area contributed by atoms with Crippen LogP contribution >= 0.6 is 23.6 Å². The molecule has 0 aliphatic heterocycles. The fraction of sp³-hybridized carbons (Fsp3) is 0.176. The molecule has 0 saturated heterocycles. The monoisotopic (exact) mass is 312 g/mol. The number of nitrogens with zero attached hydrogens (tertiary/aromatic N) is 1. The summed E-state index contributed by atoms with van der Waals surface area (Å²) >= 11 is 7.02. The van der Waals surface area contributed by atoms with Gasteiger partial charge >= 0.3 is 0 Å². The SMILES string of the molecule is CCc1ccccc1Nc1nc(C2=CC=CCC2=S)cs1. The minimum atomic E-state index is 0.833. The highest BCUT2D eigenvalue weighted by Gasteiger charge is 2.13. The summed E-state index contributed by atoms with van der Waals surface area (Å²) in [4.78, 5) is 5.63. The summed E-state index contributed by atoms with van der Waals surface area (Å²) in [6.07, 6.45) is 8.01. The smallest absolute Gasteiger partial charge is 0.187 e. The van der Waals surface area contributed by atoms with Gasteiger partial charge in [-0.05, 0) is 18.1 Å². The van der Waals surface area contributed by atoms with Crippen LogP contribution in [0, 0.1) is 0 Å². The van der Waals surface area contributed by atoms with Crippen molar-refractivity contribution < 1.29 is 0 Å². The molecule has 21 heavy (non-hydrogen) atoms. The summed E-state index contributed by atoms with van der Waals surface area (Å²) in [5, 5.41) is 6.39. The Labute approximate surface area is 134 Å². The van der Waals surface area contributed by atoms with Crippen LogP contribution in [0.1, 0.15) is 24.6 Å². The molecule has 2 nitrogen and oxygen atoms in total. The molecule has 0 saturated carbocycles. The number of anilines is 2. The van der Waals surface area contributed by atoms with Gasteiger partial charge in [0.2, 0.25) is 0 Å². The van der Waals surface area contributed by atoms with Crippen molar-refractivity contribution >= 4 is 44.8 Å². The molecule has 0 atom stereocenters. The number of benzene rings is 1. The van der Waals surface area contributed by atoms with E-state index in [1.807, 2.05) is 18.2 Å². The van der Waals surface area contributed by atoms with Crippen LogP contribution in [0.3, 0.4) is 0 Å². The zero-order valence-corrected chi connectivity index (χ0v) is 13.4. The molecule has 4 heteroatoms. The Kier molecular flexibility index (Phi) is 4.27. The highest BCUT2D eigenvalue weighted by atomic mass is 32.1. The summed E-state index contributed by atoms with van der Waals surface area (Å²) in [5.74, 6) is 0. The van der Waals surface area contributed by atoms with Crippen molar-refractivity contribution in [2.45, 2.75) is 19.8 Å². The first-order valence-electron chi connectivity index (χ1n) is 6.98. The maximum Gasteiger partial charge on any atom is 0.187 e. The number of rotatable bonds is 4. The second-order valence-corrected chi connectivity index (χ2v) is 6.16. The Bertz CT molecular complexity index is 726. The van der Waals surface area contributed by atoms with Gasteiger partial charge in [0.15, 0.2) is 5.13 Å². The fourth-order valence-electron chi connectivity index (χ4n) is 2.29. The molecule has 0 bridgehead atoms. The van der Waals surface area contributed by atoms with E-state index < -0.39 is 0 Å². The highest BCUT2D eigenvalue weighted by Crippen LogP contribution is 2.28. The molecular weight excluding hydrogens is 296 g/mol. The summed E-state index contributed by atoms with van der Waals surface area (Å²) in [6.45, 7) is 2.16. The first-order chi connectivity index (χ1) is 10.3. The lowest BCUT2D eigenvalue weighted by Gasteiger charge is -2.09. The van der Waals surface area contributed by atoms with Crippen LogP contribution in [0.15, 0.2) is 47.9 Å². The standard InChI is InChI=1S/C17H16N2S2/c1-2-12-7-3-5-9-14(12)18-17-19-15(11-21-17)13-8-4-6-10-16(13)20/h3-9,11H,2,10H2,1H3,(H,18,19). The minimum absolute atomic E-state index is 0.833. The number of thiazole rings is 1. The van der Waals surface area contributed by atoms with E-state index in [1.54, 1.807) is 11.3 Å². The average molecular weight is 312 g/mol. The molecule has 1 N–H and O–H groups in total. The largest absolute Gasteiger partial charge is 0.331 e. The Hall–Kier alpha value is -1.78. The Morgan fingerprint density at radius 2 is 2.19 bits per heavy atom. The molecule has 1 heterocycles. The quantitative estimate of drug-likeness (QED) is 0.789. The van der Waals surface area contributed by atoms with E-state index in [0.29, 0.717) is 0 Å². The van der Waals surface area contributed by atoms with Crippen molar-refractivity contribution in [2.75, 3.05) is 5.32 Å².